The molecule has 0 aliphatic carbocycles. The third-order valence-electron chi connectivity index (χ3n) is 2.01. The van der Waals surface area contributed by atoms with Crippen LogP contribution in [0.4, 0.5) is 0 Å². The van der Waals surface area contributed by atoms with Gasteiger partial charge in [-0.2, -0.15) is 0 Å². The maximum Gasteiger partial charge on any atom is 0.218 e. The van der Waals surface area contributed by atoms with Crippen LogP contribution >= 0.6 is 0 Å². The Morgan fingerprint density at radius 3 is 2.12 bits per heavy atom. The van der Waals surface area contributed by atoms with E-state index in [1.54, 1.807) is 0 Å². The molecule has 0 rings (SSSR count). The van der Waals surface area contributed by atoms with E-state index in [2.05, 4.69) is 0 Å². The van der Waals surface area contributed by atoms with Crippen LogP contribution in [0, 0.1) is 0 Å². The third-order valence-corrected chi connectivity index (χ3v) is 2.01. The van der Waals surface area contributed by atoms with Crippen molar-refractivity contribution in [1.82, 2.24) is 5.32 Å². The summed E-state index contributed by atoms with van der Waals surface area (Å²) < 4.78 is 0. The van der Waals surface area contributed by atoms with E-state index in [1.165, 1.54) is 0 Å². The van der Waals surface area contributed by atoms with Gasteiger partial charge < -0.3 is 30.8 Å². The van der Waals surface area contributed by atoms with E-state index in [0.717, 1.165) is 6.92 Å². The highest BCUT2D eigenvalue weighted by Gasteiger charge is 2.41. The van der Waals surface area contributed by atoms with Gasteiger partial charge in [0.05, 0.1) is 0 Å². The standard InChI is InChI=1S/C8H16N2O7/c1-3(12)10-7(16)5(14)4(13)6(15)8(9,17)2-11/h2,4-7,13-17H,9H2,1H3,(H,10,12)/t4-,5+,6+,7?,8+/m1/s1. The summed E-state index contributed by atoms with van der Waals surface area (Å²) in [5, 5.41) is 48.0. The highest BCUT2D eigenvalue weighted by molar-refractivity contribution is 5.73. The Hall–Kier alpha value is -1.10. The van der Waals surface area contributed by atoms with Crippen LogP contribution in [0.3, 0.4) is 0 Å². The van der Waals surface area contributed by atoms with Gasteiger partial charge in [0, 0.05) is 6.92 Å². The van der Waals surface area contributed by atoms with Crippen LogP contribution in [0.15, 0.2) is 0 Å². The molecule has 9 heteroatoms. The smallest absolute Gasteiger partial charge is 0.218 e. The van der Waals surface area contributed by atoms with E-state index in [1.807, 2.05) is 5.32 Å². The molecule has 0 radical (unpaired) electrons. The molecule has 1 unspecified atom stereocenters. The molecule has 0 aromatic rings. The Morgan fingerprint density at radius 1 is 1.29 bits per heavy atom. The molecule has 0 aliphatic heterocycles. The molecule has 0 spiro atoms. The van der Waals surface area contributed by atoms with Crippen LogP contribution < -0.4 is 11.1 Å². The first kappa shape index (κ1) is 15.9. The molecule has 0 aliphatic rings. The summed E-state index contributed by atoms with van der Waals surface area (Å²) in [6, 6.07) is 0. The predicted molar refractivity (Wildman–Crippen MR) is 53.0 cm³/mol. The average molecular weight is 252 g/mol. The fraction of sp³-hybridized carbons (Fsp3) is 0.750. The van der Waals surface area contributed by atoms with Crippen molar-refractivity contribution < 1.29 is 35.1 Å². The zero-order valence-electron chi connectivity index (χ0n) is 9.02. The minimum absolute atomic E-state index is 0.238. The Labute approximate surface area is 96.5 Å². The molecule has 9 nitrogen and oxygen atoms in total. The van der Waals surface area contributed by atoms with Gasteiger partial charge in [0.25, 0.3) is 0 Å². The summed E-state index contributed by atoms with van der Waals surface area (Å²) in [5.41, 5.74) is 2.12. The predicted octanol–water partition coefficient (Wildman–Crippen LogP) is -4.63. The lowest BCUT2D eigenvalue weighted by Gasteiger charge is -2.31. The Balaban J connectivity index is 4.64. The van der Waals surface area contributed by atoms with Crippen molar-refractivity contribution >= 4 is 12.2 Å². The number of carbonyl (C=O) groups excluding carboxylic acids is 2. The van der Waals surface area contributed by atoms with Gasteiger partial charge in [0.1, 0.15) is 18.3 Å². The minimum atomic E-state index is -2.78. The monoisotopic (exact) mass is 252 g/mol. The molecule has 0 heterocycles. The summed E-state index contributed by atoms with van der Waals surface area (Å²) in [7, 11) is 0. The quantitative estimate of drug-likeness (QED) is 0.182. The first-order valence-corrected chi connectivity index (χ1v) is 4.60. The molecule has 1 amide bonds. The van der Waals surface area contributed by atoms with Crippen LogP contribution in [-0.4, -0.2) is 68.0 Å². The number of amides is 1. The fourth-order valence-corrected chi connectivity index (χ4v) is 1.01. The zero-order chi connectivity index (χ0) is 13.8. The van der Waals surface area contributed by atoms with Crippen molar-refractivity contribution in [3.63, 3.8) is 0 Å². The van der Waals surface area contributed by atoms with E-state index >= 15 is 0 Å². The maximum absolute atomic E-state index is 10.5. The summed E-state index contributed by atoms with van der Waals surface area (Å²) in [6.45, 7) is 1.05. The minimum Gasteiger partial charge on any atom is -0.387 e. The molecule has 8 N–H and O–H groups in total. The van der Waals surface area contributed by atoms with Gasteiger partial charge in [-0.25, -0.2) is 0 Å². The summed E-state index contributed by atoms with van der Waals surface area (Å²) in [6.07, 6.45) is -8.54. The summed E-state index contributed by atoms with van der Waals surface area (Å²) in [4.78, 5) is 20.8. The largest absolute Gasteiger partial charge is 0.387 e. The second kappa shape index (κ2) is 6.00. The average Bonchev–Trinajstić information content (AvgIpc) is 2.24. The number of nitrogens with two attached hydrogens (primary N) is 1. The number of carbonyl (C=O) groups is 2. The van der Waals surface area contributed by atoms with Gasteiger partial charge in [-0.1, -0.05) is 0 Å². The Bertz CT molecular complexity index is 283. The van der Waals surface area contributed by atoms with E-state index in [0.29, 0.717) is 0 Å². The van der Waals surface area contributed by atoms with Crippen molar-refractivity contribution in [2.45, 2.75) is 37.2 Å². The molecule has 0 saturated heterocycles. The van der Waals surface area contributed by atoms with Gasteiger partial charge in [-0.05, 0) is 0 Å². The van der Waals surface area contributed by atoms with Crippen LogP contribution in [-0.2, 0) is 9.59 Å². The number of nitrogens with one attached hydrogen (secondary N) is 1. The lowest BCUT2D eigenvalue weighted by atomic mass is 9.98. The molecule has 0 saturated carbocycles. The molecule has 100 valence electrons. The summed E-state index contributed by atoms with van der Waals surface area (Å²) in [5.74, 6) is -0.698. The number of rotatable bonds is 6. The Kier molecular flexibility index (Phi) is 5.61. The van der Waals surface area contributed by atoms with Crippen LogP contribution in [0.2, 0.25) is 0 Å². The second-order valence-corrected chi connectivity index (χ2v) is 3.58. The lowest BCUT2D eigenvalue weighted by molar-refractivity contribution is -0.173. The highest BCUT2D eigenvalue weighted by atomic mass is 16.4. The molecular weight excluding hydrogens is 236 g/mol. The lowest BCUT2D eigenvalue weighted by Crippen LogP contribution is -2.62. The van der Waals surface area contributed by atoms with Crippen LogP contribution in [0.5, 0.6) is 0 Å². The number of hydrogen-bond acceptors (Lipinski definition) is 8. The number of hydrogen-bond donors (Lipinski definition) is 7. The zero-order valence-corrected chi connectivity index (χ0v) is 9.02. The van der Waals surface area contributed by atoms with Crippen molar-refractivity contribution in [2.75, 3.05) is 0 Å². The summed E-state index contributed by atoms with van der Waals surface area (Å²) >= 11 is 0. The molecule has 17 heavy (non-hydrogen) atoms. The third kappa shape index (κ3) is 4.34. The number of aldehydes is 1. The van der Waals surface area contributed by atoms with E-state index < -0.39 is 36.2 Å². The molecule has 0 aromatic carbocycles. The molecule has 0 fully saturated rings. The SMILES string of the molecule is CC(=O)NC(O)[C@@H](O)[C@@H](O)[C@H](O)[C@@](N)(O)C=O. The van der Waals surface area contributed by atoms with Crippen molar-refractivity contribution in [2.24, 2.45) is 5.73 Å². The van der Waals surface area contributed by atoms with E-state index in [-0.39, 0.29) is 6.29 Å². The van der Waals surface area contributed by atoms with E-state index in [9.17, 15) is 30.0 Å². The molecular formula is C8H16N2O7. The van der Waals surface area contributed by atoms with Crippen molar-refractivity contribution in [1.29, 1.82) is 0 Å². The van der Waals surface area contributed by atoms with Crippen molar-refractivity contribution in [3.8, 4) is 0 Å². The maximum atomic E-state index is 10.5. The topological polar surface area (TPSA) is 173 Å². The van der Waals surface area contributed by atoms with Gasteiger partial charge in [0.2, 0.25) is 5.91 Å². The molecule has 0 aromatic heterocycles. The second-order valence-electron chi connectivity index (χ2n) is 3.58. The molecule has 0 bridgehead atoms. The van der Waals surface area contributed by atoms with Crippen LogP contribution in [0.1, 0.15) is 6.92 Å². The van der Waals surface area contributed by atoms with Gasteiger partial charge >= 0.3 is 0 Å². The number of aliphatic hydroxyl groups excluding tert-OH is 4. The first-order chi connectivity index (χ1) is 7.63. The van der Waals surface area contributed by atoms with E-state index in [4.69, 9.17) is 10.8 Å². The number of aliphatic hydroxyl groups is 5. The van der Waals surface area contributed by atoms with Gasteiger partial charge in [0.15, 0.2) is 18.2 Å². The molecule has 5 atom stereocenters. The van der Waals surface area contributed by atoms with Crippen molar-refractivity contribution in [3.05, 3.63) is 0 Å². The Morgan fingerprint density at radius 2 is 1.76 bits per heavy atom. The highest BCUT2D eigenvalue weighted by Crippen LogP contribution is 2.10. The normalized spacial score (nSPS) is 21.8. The van der Waals surface area contributed by atoms with Gasteiger partial charge in [-0.3, -0.25) is 15.3 Å². The first-order valence-electron chi connectivity index (χ1n) is 4.60. The van der Waals surface area contributed by atoms with Crippen LogP contribution in [0.25, 0.3) is 0 Å². The fourth-order valence-electron chi connectivity index (χ4n) is 1.01. The van der Waals surface area contributed by atoms with Gasteiger partial charge in [-0.15, -0.1) is 0 Å².